The molecular formula is C33H45N3O5. The molecule has 0 bridgehead atoms. The number of nitrogens with one attached hydrogen (secondary N) is 2. The average Bonchev–Trinajstić information content (AvgIpc) is 2.93. The van der Waals surface area contributed by atoms with Gasteiger partial charge in [-0.2, -0.15) is 5.26 Å². The summed E-state index contributed by atoms with van der Waals surface area (Å²) in [5.74, 6) is -1.22. The molecule has 8 nitrogen and oxygen atoms in total. The number of hydrazine groups is 1. The zero-order valence-electron chi connectivity index (χ0n) is 25.8. The first kappa shape index (κ1) is 29.8. The first-order valence-corrected chi connectivity index (χ1v) is 15.0. The molecule has 0 aromatic rings. The molecule has 0 radical (unpaired) electrons. The maximum atomic E-state index is 14.6. The summed E-state index contributed by atoms with van der Waals surface area (Å²) < 4.78 is 5.41. The molecule has 0 heterocycles. The van der Waals surface area contributed by atoms with Crippen LogP contribution in [0.2, 0.25) is 0 Å². The number of rotatable bonds is 4. The van der Waals surface area contributed by atoms with Gasteiger partial charge >= 0.3 is 5.97 Å². The van der Waals surface area contributed by atoms with E-state index in [0.717, 1.165) is 18.4 Å². The second-order valence-corrected chi connectivity index (χ2v) is 15.1. The zero-order chi connectivity index (χ0) is 30.4. The van der Waals surface area contributed by atoms with Gasteiger partial charge in [0.15, 0.2) is 11.6 Å². The van der Waals surface area contributed by atoms with E-state index in [2.05, 4.69) is 44.6 Å². The number of carbonyl (C=O) groups excluding carboxylic acids is 4. The molecule has 5 aliphatic rings. The predicted molar refractivity (Wildman–Crippen MR) is 153 cm³/mol. The van der Waals surface area contributed by atoms with E-state index in [0.29, 0.717) is 38.4 Å². The molecule has 0 aromatic carbocycles. The van der Waals surface area contributed by atoms with Crippen molar-refractivity contribution < 1.29 is 23.9 Å². The van der Waals surface area contributed by atoms with Crippen molar-refractivity contribution in [3.05, 3.63) is 23.3 Å². The monoisotopic (exact) mass is 563 g/mol. The van der Waals surface area contributed by atoms with Crippen LogP contribution in [0.3, 0.4) is 0 Å². The molecule has 3 saturated carbocycles. The quantitative estimate of drug-likeness (QED) is 0.223. The van der Waals surface area contributed by atoms with Crippen LogP contribution in [0.5, 0.6) is 0 Å². The third-order valence-corrected chi connectivity index (χ3v) is 13.1. The molecule has 3 fully saturated rings. The summed E-state index contributed by atoms with van der Waals surface area (Å²) in [7, 11) is 3.16. The summed E-state index contributed by atoms with van der Waals surface area (Å²) in [6.07, 6.45) is 8.99. The van der Waals surface area contributed by atoms with Crippen molar-refractivity contribution in [2.24, 2.45) is 44.3 Å². The van der Waals surface area contributed by atoms with Gasteiger partial charge in [-0.3, -0.25) is 19.8 Å². The van der Waals surface area contributed by atoms with Gasteiger partial charge in [-0.25, -0.2) is 5.43 Å². The first-order valence-electron chi connectivity index (χ1n) is 15.0. The van der Waals surface area contributed by atoms with E-state index in [1.807, 2.05) is 6.92 Å². The number of aldehydes is 1. The molecule has 0 spiro atoms. The van der Waals surface area contributed by atoms with Crippen LogP contribution in [0.15, 0.2) is 23.3 Å². The molecule has 8 atom stereocenters. The third-order valence-electron chi connectivity index (χ3n) is 13.1. The van der Waals surface area contributed by atoms with Crippen molar-refractivity contribution in [1.82, 2.24) is 10.9 Å². The fourth-order valence-corrected chi connectivity index (χ4v) is 10.5. The van der Waals surface area contributed by atoms with Gasteiger partial charge in [0, 0.05) is 11.3 Å². The Kier molecular flexibility index (Phi) is 6.51. The van der Waals surface area contributed by atoms with Gasteiger partial charge in [0.1, 0.15) is 17.8 Å². The lowest BCUT2D eigenvalue weighted by Gasteiger charge is -2.71. The number of methoxy groups -OCH3 is 1. The molecular weight excluding hydrogens is 518 g/mol. The molecule has 0 saturated heterocycles. The van der Waals surface area contributed by atoms with Gasteiger partial charge in [0.25, 0.3) is 0 Å². The second kappa shape index (κ2) is 8.94. The lowest BCUT2D eigenvalue weighted by Crippen LogP contribution is -2.77. The molecule has 2 unspecified atom stereocenters. The number of carbonyl (C=O) groups is 4. The standard InChI is InChI=1S/C33H45N3O5/c1-27(2)9-12-32(26(40)41-8)13-10-29(4)24(21(32)17-27)22(38)15-23-28(29,3)11-14-33(36-35-7)30(23,5)16-20(18-34)25(39)31(33,6)19-37/h15-16,19,21,24,35-36H,9-14,17H2,1-8H3/t21?,24?,28-,29-,30-,31-,32+,33+/m1/s1. The molecule has 0 aliphatic heterocycles. The highest BCUT2D eigenvalue weighted by Crippen LogP contribution is 2.75. The zero-order valence-corrected chi connectivity index (χ0v) is 25.8. The van der Waals surface area contributed by atoms with Gasteiger partial charge in [-0.05, 0) is 92.7 Å². The van der Waals surface area contributed by atoms with Gasteiger partial charge in [0.2, 0.25) is 0 Å². The van der Waals surface area contributed by atoms with Crippen LogP contribution in [0.25, 0.3) is 0 Å². The van der Waals surface area contributed by atoms with Gasteiger partial charge in [-0.1, -0.05) is 40.7 Å². The van der Waals surface area contributed by atoms with Gasteiger partial charge in [0.05, 0.1) is 23.6 Å². The van der Waals surface area contributed by atoms with Crippen LogP contribution in [0, 0.1) is 55.7 Å². The summed E-state index contributed by atoms with van der Waals surface area (Å²) in [5.41, 5.74) is 1.88. The van der Waals surface area contributed by atoms with Gasteiger partial charge < -0.3 is 9.53 Å². The molecule has 222 valence electrons. The molecule has 8 heteroatoms. The summed E-state index contributed by atoms with van der Waals surface area (Å²) in [5, 5.41) is 10.0. The van der Waals surface area contributed by atoms with Crippen molar-refractivity contribution in [2.75, 3.05) is 14.2 Å². The van der Waals surface area contributed by atoms with Crippen molar-refractivity contribution >= 4 is 23.8 Å². The number of esters is 1. The molecule has 5 aliphatic carbocycles. The minimum Gasteiger partial charge on any atom is -0.469 e. The highest BCUT2D eigenvalue weighted by molar-refractivity contribution is 6.13. The molecule has 5 rings (SSSR count). The maximum absolute atomic E-state index is 14.6. The van der Waals surface area contributed by atoms with E-state index >= 15 is 0 Å². The van der Waals surface area contributed by atoms with E-state index in [1.165, 1.54) is 7.11 Å². The van der Waals surface area contributed by atoms with Crippen LogP contribution in [0.1, 0.15) is 86.5 Å². The minimum absolute atomic E-state index is 0.00400. The van der Waals surface area contributed by atoms with E-state index < -0.39 is 38.4 Å². The molecule has 0 aromatic heterocycles. The molecule has 2 N–H and O–H groups in total. The Morgan fingerprint density at radius 3 is 2.29 bits per heavy atom. The summed E-state index contributed by atoms with van der Waals surface area (Å²) in [6.45, 7) is 12.5. The lowest BCUT2D eigenvalue weighted by molar-refractivity contribution is -0.192. The Hall–Kier alpha value is -2.63. The van der Waals surface area contributed by atoms with E-state index in [4.69, 9.17) is 4.74 Å². The number of hydrogen-bond acceptors (Lipinski definition) is 8. The van der Waals surface area contributed by atoms with Crippen LogP contribution in [-0.2, 0) is 23.9 Å². The van der Waals surface area contributed by atoms with Gasteiger partial charge in [-0.15, -0.1) is 0 Å². The highest BCUT2D eigenvalue weighted by atomic mass is 16.5. The Bertz CT molecular complexity index is 1340. The smallest absolute Gasteiger partial charge is 0.312 e. The van der Waals surface area contributed by atoms with E-state index in [1.54, 1.807) is 26.1 Å². The van der Waals surface area contributed by atoms with Crippen LogP contribution >= 0.6 is 0 Å². The molecule has 0 amide bonds. The molecule has 41 heavy (non-hydrogen) atoms. The van der Waals surface area contributed by atoms with Crippen molar-refractivity contribution in [1.29, 1.82) is 5.26 Å². The van der Waals surface area contributed by atoms with Crippen molar-refractivity contribution in [2.45, 2.75) is 92.0 Å². The van der Waals surface area contributed by atoms with Crippen molar-refractivity contribution in [3.63, 3.8) is 0 Å². The van der Waals surface area contributed by atoms with Crippen LogP contribution in [-0.4, -0.2) is 43.5 Å². The third kappa shape index (κ3) is 3.34. The van der Waals surface area contributed by atoms with E-state index in [-0.39, 0.29) is 34.6 Å². The summed E-state index contributed by atoms with van der Waals surface area (Å²) >= 11 is 0. The summed E-state index contributed by atoms with van der Waals surface area (Å²) in [4.78, 5) is 54.5. The number of ketones is 2. The Balaban J connectivity index is 1.77. The summed E-state index contributed by atoms with van der Waals surface area (Å²) in [6, 6.07) is 2.06. The Morgan fingerprint density at radius 1 is 1.05 bits per heavy atom. The number of fused-ring (bicyclic) bond motifs is 7. The van der Waals surface area contributed by atoms with Crippen molar-refractivity contribution in [3.8, 4) is 6.07 Å². The number of nitriles is 1. The fraction of sp³-hybridized carbons (Fsp3) is 0.727. The normalized spacial score (nSPS) is 46.4. The number of hydrogen-bond donors (Lipinski definition) is 2. The largest absolute Gasteiger partial charge is 0.469 e. The SMILES string of the molecule is CNN[C@@]12CC[C@]3(C)C(=CC(=O)C4C5CC(C)(C)CC[C@]5(C(=O)OC)CC[C@]43C)[C@@]1(C)C=C(C#N)C(=O)[C@@]2(C)C=O. The Labute approximate surface area is 243 Å². The number of allylic oxidation sites excluding steroid dienone is 2. The minimum atomic E-state index is -1.53. The average molecular weight is 564 g/mol. The number of ether oxygens (including phenoxy) is 1. The number of Topliss-reactive ketones (excluding diaryl/α,β-unsaturated/α-hetero) is 1. The number of nitrogens with zero attached hydrogens (tertiary/aromatic N) is 1. The lowest BCUT2D eigenvalue weighted by atomic mass is 9.33. The second-order valence-electron chi connectivity index (χ2n) is 15.1. The van der Waals surface area contributed by atoms with Crippen LogP contribution < -0.4 is 10.9 Å². The Morgan fingerprint density at radius 2 is 1.71 bits per heavy atom. The highest BCUT2D eigenvalue weighted by Gasteiger charge is 2.75. The van der Waals surface area contributed by atoms with Crippen LogP contribution in [0.4, 0.5) is 0 Å². The predicted octanol–water partition coefficient (Wildman–Crippen LogP) is 4.40. The first-order chi connectivity index (χ1) is 19.0. The fourth-order valence-electron chi connectivity index (χ4n) is 10.5. The topological polar surface area (TPSA) is 125 Å². The van der Waals surface area contributed by atoms with E-state index in [9.17, 15) is 24.4 Å². The maximum Gasteiger partial charge on any atom is 0.312 e.